The molecule has 3 rings (SSSR count). The van der Waals surface area contributed by atoms with E-state index in [1.807, 2.05) is 61.7 Å². The van der Waals surface area contributed by atoms with Crippen LogP contribution in [0.15, 0.2) is 64.8 Å². The highest BCUT2D eigenvalue weighted by molar-refractivity contribution is 7.13. The standard InChI is InChI=1S/C20H20N2O2S/c1-13(2)18(14-7-4-3-5-8-14)22-20(24)15-10-11-16(21-19(15)23)17-9-6-12-25-17/h3-13,18H,1-2H3,(H,21,23)(H,22,24). The van der Waals surface area contributed by atoms with Gasteiger partial charge in [0.25, 0.3) is 11.5 Å². The molecule has 1 unspecified atom stereocenters. The quantitative estimate of drug-likeness (QED) is 0.722. The minimum absolute atomic E-state index is 0.127. The number of amides is 1. The molecule has 2 N–H and O–H groups in total. The highest BCUT2D eigenvalue weighted by Crippen LogP contribution is 2.23. The number of hydrogen-bond donors (Lipinski definition) is 2. The predicted molar refractivity (Wildman–Crippen MR) is 102 cm³/mol. The number of benzene rings is 1. The highest BCUT2D eigenvalue weighted by atomic mass is 32.1. The maximum atomic E-state index is 12.6. The first-order valence-corrected chi connectivity index (χ1v) is 9.07. The molecule has 5 heteroatoms. The van der Waals surface area contributed by atoms with Crippen molar-refractivity contribution in [3.8, 4) is 10.6 Å². The number of aromatic amines is 1. The van der Waals surface area contributed by atoms with E-state index in [0.717, 1.165) is 16.1 Å². The van der Waals surface area contributed by atoms with Gasteiger partial charge in [0.05, 0.1) is 16.6 Å². The molecule has 0 radical (unpaired) electrons. The van der Waals surface area contributed by atoms with Crippen LogP contribution in [0, 0.1) is 5.92 Å². The maximum Gasteiger partial charge on any atom is 0.261 e. The fraction of sp³-hybridized carbons (Fsp3) is 0.200. The largest absolute Gasteiger partial charge is 0.345 e. The molecule has 0 spiro atoms. The zero-order valence-electron chi connectivity index (χ0n) is 14.2. The molecule has 0 saturated carbocycles. The first kappa shape index (κ1) is 17.2. The lowest BCUT2D eigenvalue weighted by molar-refractivity contribution is 0.0924. The number of pyridine rings is 1. The average molecular weight is 352 g/mol. The Hall–Kier alpha value is -2.66. The molecular weight excluding hydrogens is 332 g/mol. The van der Waals surface area contributed by atoms with E-state index in [-0.39, 0.29) is 29.0 Å². The molecule has 4 nitrogen and oxygen atoms in total. The summed E-state index contributed by atoms with van der Waals surface area (Å²) in [5.41, 5.74) is 1.50. The van der Waals surface area contributed by atoms with Gasteiger partial charge < -0.3 is 10.3 Å². The summed E-state index contributed by atoms with van der Waals surface area (Å²) in [6, 6.07) is 16.9. The summed E-state index contributed by atoms with van der Waals surface area (Å²) in [4.78, 5) is 28.7. The lowest BCUT2D eigenvalue weighted by atomic mass is 9.96. The molecule has 2 heterocycles. The van der Waals surface area contributed by atoms with E-state index in [1.54, 1.807) is 23.5 Å². The Balaban J connectivity index is 1.84. The minimum Gasteiger partial charge on any atom is -0.345 e. The van der Waals surface area contributed by atoms with E-state index in [0.29, 0.717) is 0 Å². The summed E-state index contributed by atoms with van der Waals surface area (Å²) < 4.78 is 0. The summed E-state index contributed by atoms with van der Waals surface area (Å²) in [5, 5.41) is 4.93. The number of rotatable bonds is 5. The minimum atomic E-state index is -0.376. The maximum absolute atomic E-state index is 12.6. The molecule has 1 aromatic carbocycles. The Bertz CT molecular complexity index is 899. The Kier molecular flexibility index (Phi) is 5.14. The second-order valence-electron chi connectivity index (χ2n) is 6.20. The van der Waals surface area contributed by atoms with Crippen molar-refractivity contribution >= 4 is 17.2 Å². The van der Waals surface area contributed by atoms with Gasteiger partial charge in [0.2, 0.25) is 0 Å². The summed E-state index contributed by atoms with van der Waals surface area (Å²) in [5.74, 6) is -0.155. The van der Waals surface area contributed by atoms with Crippen LogP contribution in [0.2, 0.25) is 0 Å². The second-order valence-corrected chi connectivity index (χ2v) is 7.15. The van der Waals surface area contributed by atoms with Crippen molar-refractivity contribution in [2.24, 2.45) is 5.92 Å². The molecule has 0 aliphatic heterocycles. The zero-order valence-corrected chi connectivity index (χ0v) is 15.0. The van der Waals surface area contributed by atoms with Gasteiger partial charge in [-0.2, -0.15) is 0 Å². The number of thiophene rings is 1. The Morgan fingerprint density at radius 3 is 2.40 bits per heavy atom. The molecule has 1 atom stereocenters. The molecule has 1 amide bonds. The fourth-order valence-electron chi connectivity index (χ4n) is 2.74. The van der Waals surface area contributed by atoms with Crippen molar-refractivity contribution < 1.29 is 4.79 Å². The average Bonchev–Trinajstić information content (AvgIpc) is 3.14. The number of carbonyl (C=O) groups is 1. The second kappa shape index (κ2) is 7.49. The van der Waals surface area contributed by atoms with Gasteiger partial charge in [-0.15, -0.1) is 11.3 Å². The molecule has 0 aliphatic rings. The topological polar surface area (TPSA) is 62.0 Å². The molecule has 2 aromatic heterocycles. The van der Waals surface area contributed by atoms with Crippen LogP contribution in [-0.4, -0.2) is 10.9 Å². The van der Waals surface area contributed by atoms with Gasteiger partial charge in [0, 0.05) is 0 Å². The van der Waals surface area contributed by atoms with Crippen LogP contribution in [0.1, 0.15) is 35.8 Å². The summed E-state index contributed by atoms with van der Waals surface area (Å²) in [7, 11) is 0. The Morgan fingerprint density at radius 1 is 1.04 bits per heavy atom. The van der Waals surface area contributed by atoms with Crippen molar-refractivity contribution in [1.29, 1.82) is 0 Å². The van der Waals surface area contributed by atoms with Crippen LogP contribution < -0.4 is 10.9 Å². The molecule has 0 bridgehead atoms. The van der Waals surface area contributed by atoms with E-state index in [9.17, 15) is 9.59 Å². The number of H-pyrrole nitrogens is 1. The third kappa shape index (κ3) is 3.88. The monoisotopic (exact) mass is 352 g/mol. The van der Waals surface area contributed by atoms with Gasteiger partial charge in [-0.05, 0) is 35.1 Å². The van der Waals surface area contributed by atoms with Crippen molar-refractivity contribution in [2.75, 3.05) is 0 Å². The SMILES string of the molecule is CC(C)C(NC(=O)c1ccc(-c2cccs2)[nH]c1=O)c1ccccc1. The van der Waals surface area contributed by atoms with Crippen molar-refractivity contribution in [3.63, 3.8) is 0 Å². The number of aromatic nitrogens is 1. The highest BCUT2D eigenvalue weighted by Gasteiger charge is 2.20. The van der Waals surface area contributed by atoms with Crippen molar-refractivity contribution in [2.45, 2.75) is 19.9 Å². The smallest absolute Gasteiger partial charge is 0.261 e. The van der Waals surface area contributed by atoms with E-state index in [2.05, 4.69) is 10.3 Å². The summed E-state index contributed by atoms with van der Waals surface area (Å²) in [6.45, 7) is 4.09. The summed E-state index contributed by atoms with van der Waals surface area (Å²) in [6.07, 6.45) is 0. The molecule has 0 aliphatic carbocycles. The predicted octanol–water partition coefficient (Wildman–Crippen LogP) is 4.23. The number of nitrogens with one attached hydrogen (secondary N) is 2. The van der Waals surface area contributed by atoms with Gasteiger partial charge in [0.15, 0.2) is 0 Å². The number of hydrogen-bond acceptors (Lipinski definition) is 3. The van der Waals surface area contributed by atoms with Crippen LogP contribution in [0.4, 0.5) is 0 Å². The third-order valence-electron chi connectivity index (χ3n) is 4.05. The van der Waals surface area contributed by atoms with Crippen LogP contribution >= 0.6 is 11.3 Å². The number of carbonyl (C=O) groups excluding carboxylic acids is 1. The normalized spacial score (nSPS) is 12.1. The van der Waals surface area contributed by atoms with Gasteiger partial charge in [0.1, 0.15) is 5.56 Å². The van der Waals surface area contributed by atoms with Gasteiger partial charge in [-0.25, -0.2) is 0 Å². The van der Waals surface area contributed by atoms with Gasteiger partial charge in [-0.1, -0.05) is 50.2 Å². The molecule has 25 heavy (non-hydrogen) atoms. The van der Waals surface area contributed by atoms with Crippen molar-refractivity contribution in [3.05, 3.63) is 81.5 Å². The van der Waals surface area contributed by atoms with E-state index < -0.39 is 0 Å². The third-order valence-corrected chi connectivity index (χ3v) is 4.96. The lowest BCUT2D eigenvalue weighted by Gasteiger charge is -2.22. The van der Waals surface area contributed by atoms with Crippen LogP contribution in [0.5, 0.6) is 0 Å². The van der Waals surface area contributed by atoms with Crippen LogP contribution in [0.25, 0.3) is 10.6 Å². The lowest BCUT2D eigenvalue weighted by Crippen LogP contribution is -2.35. The van der Waals surface area contributed by atoms with E-state index in [1.165, 1.54) is 0 Å². The van der Waals surface area contributed by atoms with E-state index >= 15 is 0 Å². The first-order chi connectivity index (χ1) is 12.1. The van der Waals surface area contributed by atoms with E-state index in [4.69, 9.17) is 0 Å². The molecule has 128 valence electrons. The Labute approximate surface area is 150 Å². The Morgan fingerprint density at radius 2 is 1.80 bits per heavy atom. The fourth-order valence-corrected chi connectivity index (χ4v) is 3.45. The van der Waals surface area contributed by atoms with Crippen molar-refractivity contribution in [1.82, 2.24) is 10.3 Å². The molecule has 0 fully saturated rings. The van der Waals surface area contributed by atoms with Crippen LogP contribution in [-0.2, 0) is 0 Å². The van der Waals surface area contributed by atoms with Gasteiger partial charge >= 0.3 is 0 Å². The summed E-state index contributed by atoms with van der Waals surface area (Å²) >= 11 is 1.54. The zero-order chi connectivity index (χ0) is 17.8. The molecule has 0 saturated heterocycles. The first-order valence-electron chi connectivity index (χ1n) is 8.19. The van der Waals surface area contributed by atoms with Crippen LogP contribution in [0.3, 0.4) is 0 Å². The van der Waals surface area contributed by atoms with Gasteiger partial charge in [-0.3, -0.25) is 9.59 Å². The molecule has 3 aromatic rings. The molecular formula is C20H20N2O2S.